The summed E-state index contributed by atoms with van der Waals surface area (Å²) in [6, 6.07) is 72.3. The molecule has 1 nitrogen and oxygen atoms in total. The SMILES string of the molecule is CC1CC=Cc2c1c(-c1ccc3oc4cccc(-c5c6ccccc6c(-c6cccc7sc8ccccc8c67)c6ccccc56)c4c3c1)c1ccccc1c2-c1cccc2sc3ccccc3c12. The molecule has 0 saturated carbocycles. The zero-order chi connectivity index (χ0) is 44.6. The first kappa shape index (κ1) is 38.3. The van der Waals surface area contributed by atoms with E-state index in [9.17, 15) is 0 Å². The van der Waals surface area contributed by atoms with Crippen LogP contribution in [0.3, 0.4) is 0 Å². The molecule has 15 rings (SSSR count). The Labute approximate surface area is 400 Å². The minimum Gasteiger partial charge on any atom is -0.456 e. The van der Waals surface area contributed by atoms with E-state index in [1.165, 1.54) is 128 Å². The van der Waals surface area contributed by atoms with Gasteiger partial charge in [-0.05, 0) is 143 Å². The van der Waals surface area contributed by atoms with Gasteiger partial charge in [0.15, 0.2) is 0 Å². The highest BCUT2D eigenvalue weighted by molar-refractivity contribution is 7.26. The van der Waals surface area contributed by atoms with Crippen molar-refractivity contribution >= 4 is 123 Å². The Kier molecular flexibility index (Phi) is 8.22. The van der Waals surface area contributed by atoms with E-state index in [1.54, 1.807) is 0 Å². The molecular weight excluding hydrogens is 861 g/mol. The molecule has 11 aromatic carbocycles. The van der Waals surface area contributed by atoms with Gasteiger partial charge in [0.05, 0.1) is 0 Å². The van der Waals surface area contributed by atoms with Crippen LogP contribution in [0.5, 0.6) is 0 Å². The van der Waals surface area contributed by atoms with Crippen LogP contribution in [0.1, 0.15) is 30.4 Å². The summed E-state index contributed by atoms with van der Waals surface area (Å²) in [6.07, 6.45) is 5.81. The molecular formula is C65H40OS2. The predicted molar refractivity (Wildman–Crippen MR) is 296 cm³/mol. The summed E-state index contributed by atoms with van der Waals surface area (Å²) in [5.74, 6) is 0.327. The number of benzene rings is 11. The monoisotopic (exact) mass is 900 g/mol. The van der Waals surface area contributed by atoms with Crippen LogP contribution in [0.25, 0.3) is 145 Å². The number of fused-ring (bicyclic) bond motifs is 13. The second-order valence-electron chi connectivity index (χ2n) is 18.5. The van der Waals surface area contributed by atoms with E-state index in [-0.39, 0.29) is 0 Å². The largest absolute Gasteiger partial charge is 0.456 e. The molecule has 3 heterocycles. The number of rotatable bonds is 4. The molecule has 1 unspecified atom stereocenters. The fraction of sp³-hybridized carbons (Fsp3) is 0.0462. The summed E-state index contributed by atoms with van der Waals surface area (Å²) in [7, 11) is 0. The van der Waals surface area contributed by atoms with Crippen molar-refractivity contribution < 1.29 is 4.42 Å². The summed E-state index contributed by atoms with van der Waals surface area (Å²) in [5, 5.41) is 15.1. The highest BCUT2D eigenvalue weighted by Gasteiger charge is 2.28. The highest BCUT2D eigenvalue weighted by atomic mass is 32.1. The maximum absolute atomic E-state index is 6.86. The first-order valence-electron chi connectivity index (χ1n) is 23.6. The first-order valence-corrected chi connectivity index (χ1v) is 25.3. The molecule has 1 atom stereocenters. The van der Waals surface area contributed by atoms with Gasteiger partial charge in [-0.25, -0.2) is 0 Å². The lowest BCUT2D eigenvalue weighted by molar-refractivity contribution is 0.669. The molecule has 1 aliphatic rings. The van der Waals surface area contributed by atoms with E-state index in [1.807, 2.05) is 22.7 Å². The van der Waals surface area contributed by atoms with Crippen LogP contribution in [0.4, 0.5) is 0 Å². The van der Waals surface area contributed by atoms with Crippen LogP contribution in [0.2, 0.25) is 0 Å². The van der Waals surface area contributed by atoms with Gasteiger partial charge < -0.3 is 4.42 Å². The molecule has 0 aliphatic heterocycles. The Morgan fingerprint density at radius 2 is 0.838 bits per heavy atom. The Bertz CT molecular complexity index is 4440. The van der Waals surface area contributed by atoms with Crippen LogP contribution >= 0.6 is 22.7 Å². The van der Waals surface area contributed by atoms with Crippen molar-refractivity contribution in [3.8, 4) is 44.5 Å². The van der Waals surface area contributed by atoms with E-state index in [2.05, 4.69) is 213 Å². The van der Waals surface area contributed by atoms with Crippen molar-refractivity contribution in [1.29, 1.82) is 0 Å². The van der Waals surface area contributed by atoms with Gasteiger partial charge in [-0.1, -0.05) is 171 Å². The molecule has 0 radical (unpaired) electrons. The van der Waals surface area contributed by atoms with Crippen molar-refractivity contribution in [1.82, 2.24) is 0 Å². The fourth-order valence-electron chi connectivity index (χ4n) is 12.1. The van der Waals surface area contributed by atoms with Crippen LogP contribution in [-0.4, -0.2) is 0 Å². The van der Waals surface area contributed by atoms with Gasteiger partial charge >= 0.3 is 0 Å². The Morgan fingerprint density at radius 3 is 1.41 bits per heavy atom. The average Bonchev–Trinajstić information content (AvgIpc) is 4.09. The molecule has 0 saturated heterocycles. The van der Waals surface area contributed by atoms with Gasteiger partial charge in [-0.15, -0.1) is 22.7 Å². The molecule has 0 N–H and O–H groups in total. The van der Waals surface area contributed by atoms with Gasteiger partial charge in [-0.2, -0.15) is 0 Å². The van der Waals surface area contributed by atoms with Crippen molar-refractivity contribution in [2.75, 3.05) is 0 Å². The van der Waals surface area contributed by atoms with Crippen molar-refractivity contribution in [2.45, 2.75) is 19.3 Å². The number of allylic oxidation sites excluding steroid dienone is 1. The molecule has 1 aliphatic carbocycles. The fourth-order valence-corrected chi connectivity index (χ4v) is 14.4. The zero-order valence-electron chi connectivity index (χ0n) is 37.1. The van der Waals surface area contributed by atoms with Gasteiger partial charge in [-0.3, -0.25) is 0 Å². The normalized spacial score (nSPS) is 14.0. The molecule has 14 aromatic rings. The van der Waals surface area contributed by atoms with Gasteiger partial charge in [0, 0.05) is 51.1 Å². The van der Waals surface area contributed by atoms with Crippen LogP contribution in [0, 0.1) is 0 Å². The summed E-state index contributed by atoms with van der Waals surface area (Å²) < 4.78 is 12.1. The standard InChI is InChI=1S/C65H40OS2/c1-37-16-12-25-47-58(37)59(39-17-2-3-18-40(39)62(47)50-28-15-33-57-65(50)46-24-9-11-31-55(46)68-57)38-34-35-52-51(36-38)63-48(26-13-29-53(63)66-52)60-41-19-4-6-21-43(41)61(44-22-7-5-20-42(44)60)49-27-14-32-56-64(49)45-23-8-10-30-54(45)67-56/h2-15,17-37H,16H2,1H3. The summed E-state index contributed by atoms with van der Waals surface area (Å²) in [4.78, 5) is 0. The molecule has 68 heavy (non-hydrogen) atoms. The van der Waals surface area contributed by atoms with Crippen molar-refractivity contribution in [3.05, 3.63) is 211 Å². The molecule has 0 fully saturated rings. The highest BCUT2D eigenvalue weighted by Crippen LogP contribution is 2.53. The van der Waals surface area contributed by atoms with Crippen LogP contribution < -0.4 is 0 Å². The lowest BCUT2D eigenvalue weighted by atomic mass is 9.76. The van der Waals surface area contributed by atoms with E-state index < -0.39 is 0 Å². The summed E-state index contributed by atoms with van der Waals surface area (Å²) in [6.45, 7) is 2.41. The number of thiophene rings is 2. The van der Waals surface area contributed by atoms with Gasteiger partial charge in [0.2, 0.25) is 0 Å². The number of hydrogen-bond donors (Lipinski definition) is 0. The van der Waals surface area contributed by atoms with Crippen LogP contribution in [-0.2, 0) is 0 Å². The molecule has 0 amide bonds. The molecule has 0 spiro atoms. The number of hydrogen-bond acceptors (Lipinski definition) is 3. The van der Waals surface area contributed by atoms with E-state index in [0.717, 1.165) is 28.4 Å². The second-order valence-corrected chi connectivity index (χ2v) is 20.7. The Morgan fingerprint density at radius 1 is 0.382 bits per heavy atom. The quantitative estimate of drug-likeness (QED) is 0.160. The minimum atomic E-state index is 0.327. The number of furan rings is 1. The van der Waals surface area contributed by atoms with Crippen molar-refractivity contribution in [2.24, 2.45) is 0 Å². The molecule has 3 aromatic heterocycles. The zero-order valence-corrected chi connectivity index (χ0v) is 38.8. The Balaban J connectivity index is 1.00. The van der Waals surface area contributed by atoms with Gasteiger partial charge in [0.25, 0.3) is 0 Å². The van der Waals surface area contributed by atoms with Crippen LogP contribution in [0.15, 0.2) is 205 Å². The van der Waals surface area contributed by atoms with E-state index in [0.29, 0.717) is 5.92 Å². The lowest BCUT2D eigenvalue weighted by Crippen LogP contribution is -2.06. The third kappa shape index (κ3) is 5.37. The summed E-state index contributed by atoms with van der Waals surface area (Å²) >= 11 is 3.77. The molecule has 318 valence electrons. The topological polar surface area (TPSA) is 13.1 Å². The maximum Gasteiger partial charge on any atom is 0.136 e. The molecule has 3 heteroatoms. The maximum atomic E-state index is 6.86. The lowest BCUT2D eigenvalue weighted by Gasteiger charge is -2.28. The minimum absolute atomic E-state index is 0.327. The first-order chi connectivity index (χ1) is 33.7. The summed E-state index contributed by atoms with van der Waals surface area (Å²) in [5.41, 5.74) is 14.7. The average molecular weight is 901 g/mol. The van der Waals surface area contributed by atoms with E-state index in [4.69, 9.17) is 4.42 Å². The second kappa shape index (κ2) is 14.6. The Hall–Kier alpha value is -7.82. The third-order valence-electron chi connectivity index (χ3n) is 14.9. The van der Waals surface area contributed by atoms with Crippen molar-refractivity contribution in [3.63, 3.8) is 0 Å². The van der Waals surface area contributed by atoms with E-state index >= 15 is 0 Å². The third-order valence-corrected chi connectivity index (χ3v) is 17.2. The molecule has 0 bridgehead atoms. The predicted octanol–water partition coefficient (Wildman–Crippen LogP) is 20.0. The smallest absolute Gasteiger partial charge is 0.136 e. The van der Waals surface area contributed by atoms with Gasteiger partial charge in [0.1, 0.15) is 11.2 Å².